The second-order valence-corrected chi connectivity index (χ2v) is 10.5. The van der Waals surface area contributed by atoms with E-state index < -0.39 is 0 Å². The lowest BCUT2D eigenvalue weighted by Gasteiger charge is -2.40. The molecule has 4 aromatic heterocycles. The molecule has 6 aromatic rings. The molecule has 1 fully saturated rings. The van der Waals surface area contributed by atoms with Gasteiger partial charge in [0.15, 0.2) is 11.3 Å². The van der Waals surface area contributed by atoms with Gasteiger partial charge in [-0.1, -0.05) is 12.1 Å². The Morgan fingerprint density at radius 2 is 1.90 bits per heavy atom. The van der Waals surface area contributed by atoms with Crippen molar-refractivity contribution >= 4 is 56.2 Å². The SMILES string of the molecule is CN1CCN(c2ccc(Nc3ncc4c(=O)n5c(nc4n3)c3ccccc3n5-c3nccs3)cc2)[C@H](CO)C1. The number of nitrogens with one attached hydrogen (secondary N) is 1. The summed E-state index contributed by atoms with van der Waals surface area (Å²) in [6.45, 7) is 2.74. The van der Waals surface area contributed by atoms with Crippen LogP contribution < -0.4 is 15.8 Å². The molecule has 0 bridgehead atoms. The predicted octanol–water partition coefficient (Wildman–Crippen LogP) is 2.89. The molecular weight excluding hydrogens is 514 g/mol. The van der Waals surface area contributed by atoms with Gasteiger partial charge in [0, 0.05) is 54.2 Å². The zero-order valence-corrected chi connectivity index (χ0v) is 21.9. The number of aliphatic hydroxyl groups is 1. The van der Waals surface area contributed by atoms with Gasteiger partial charge in [0.05, 0.1) is 18.2 Å². The lowest BCUT2D eigenvalue weighted by Crippen LogP contribution is -2.53. The van der Waals surface area contributed by atoms with Gasteiger partial charge in [-0.05, 0) is 43.4 Å². The third-order valence-corrected chi connectivity index (χ3v) is 7.88. The molecule has 196 valence electrons. The van der Waals surface area contributed by atoms with E-state index in [-0.39, 0.29) is 18.2 Å². The molecule has 2 N–H and O–H groups in total. The number of benzene rings is 2. The van der Waals surface area contributed by atoms with Crippen LogP contribution in [0.15, 0.2) is 71.1 Å². The van der Waals surface area contributed by atoms with E-state index >= 15 is 0 Å². The van der Waals surface area contributed by atoms with E-state index in [1.165, 1.54) is 17.5 Å². The maximum atomic E-state index is 13.7. The van der Waals surface area contributed by atoms with Crippen molar-refractivity contribution in [1.29, 1.82) is 0 Å². The Morgan fingerprint density at radius 1 is 1.05 bits per heavy atom. The Labute approximate surface area is 226 Å². The fourth-order valence-corrected chi connectivity index (χ4v) is 5.87. The van der Waals surface area contributed by atoms with Crippen LogP contribution in [0.1, 0.15) is 0 Å². The number of piperazine rings is 1. The van der Waals surface area contributed by atoms with E-state index in [1.54, 1.807) is 15.4 Å². The zero-order valence-electron chi connectivity index (χ0n) is 21.1. The summed E-state index contributed by atoms with van der Waals surface area (Å²) in [7, 11) is 2.07. The third-order valence-electron chi connectivity index (χ3n) is 7.13. The van der Waals surface area contributed by atoms with Gasteiger partial charge in [0.2, 0.25) is 11.1 Å². The molecule has 1 atom stereocenters. The van der Waals surface area contributed by atoms with Crippen molar-refractivity contribution in [1.82, 2.24) is 34.0 Å². The van der Waals surface area contributed by atoms with Crippen LogP contribution >= 0.6 is 11.3 Å². The van der Waals surface area contributed by atoms with Gasteiger partial charge in [0.25, 0.3) is 5.56 Å². The minimum absolute atomic E-state index is 0.0648. The highest BCUT2D eigenvalue weighted by Gasteiger charge is 2.25. The largest absolute Gasteiger partial charge is 0.394 e. The van der Waals surface area contributed by atoms with E-state index in [1.807, 2.05) is 53.9 Å². The number of fused-ring (bicyclic) bond motifs is 4. The maximum absolute atomic E-state index is 13.7. The van der Waals surface area contributed by atoms with Crippen LogP contribution in [0.25, 0.3) is 32.7 Å². The molecule has 0 amide bonds. The third kappa shape index (κ3) is 4.00. The molecular formula is C27H25N9O2S. The Kier molecular flexibility index (Phi) is 5.72. The highest BCUT2D eigenvalue weighted by Crippen LogP contribution is 2.27. The molecule has 1 saturated heterocycles. The van der Waals surface area contributed by atoms with Gasteiger partial charge in [-0.3, -0.25) is 4.79 Å². The number of nitrogens with zero attached hydrogens (tertiary/aromatic N) is 8. The highest BCUT2D eigenvalue weighted by atomic mass is 32.1. The second-order valence-electron chi connectivity index (χ2n) is 9.59. The molecule has 1 aliphatic rings. The minimum Gasteiger partial charge on any atom is -0.394 e. The van der Waals surface area contributed by atoms with Crippen molar-refractivity contribution in [2.45, 2.75) is 6.04 Å². The number of aliphatic hydroxyl groups excluding tert-OH is 1. The average Bonchev–Trinajstić information content (AvgIpc) is 3.60. The lowest BCUT2D eigenvalue weighted by atomic mass is 10.1. The first-order chi connectivity index (χ1) is 19.1. The number of hydrogen-bond acceptors (Lipinski definition) is 10. The van der Waals surface area contributed by atoms with Gasteiger partial charge < -0.3 is 20.2 Å². The standard InChI is InChI=1S/C27H25N9O2S/c1-33-11-12-34(19(15-33)16-37)18-8-6-17(7-9-18)30-26-29-14-21-23(32-26)31-24-20-4-2-3-5-22(20)35(36(24)25(21)38)27-28-10-13-39-27/h2-10,13-14,19,37H,11-12,15-16H2,1H3,(H,29,30,32)/t19-/m0/s1. The molecule has 0 aliphatic carbocycles. The summed E-state index contributed by atoms with van der Waals surface area (Å²) in [5, 5.41) is 16.8. The number of anilines is 3. The first-order valence-electron chi connectivity index (χ1n) is 12.6. The topological polar surface area (TPSA) is 117 Å². The Hall–Kier alpha value is -4.39. The molecule has 0 unspecified atom stereocenters. The molecule has 5 heterocycles. The summed E-state index contributed by atoms with van der Waals surface area (Å²) < 4.78 is 3.33. The van der Waals surface area contributed by atoms with Crippen LogP contribution in [0.3, 0.4) is 0 Å². The van der Waals surface area contributed by atoms with Crippen LogP contribution in [0, 0.1) is 0 Å². The molecule has 0 spiro atoms. The fourth-order valence-electron chi connectivity index (χ4n) is 5.22. The highest BCUT2D eigenvalue weighted by molar-refractivity contribution is 7.12. The smallest absolute Gasteiger partial charge is 0.284 e. The summed E-state index contributed by atoms with van der Waals surface area (Å²) in [4.78, 5) is 36.3. The van der Waals surface area contributed by atoms with Crippen LogP contribution in [0.4, 0.5) is 17.3 Å². The van der Waals surface area contributed by atoms with Crippen LogP contribution in [-0.2, 0) is 0 Å². The average molecular weight is 540 g/mol. The molecule has 39 heavy (non-hydrogen) atoms. The number of likely N-dealkylation sites (N-methyl/N-ethyl adjacent to an activating group) is 1. The van der Waals surface area contributed by atoms with Crippen molar-refractivity contribution < 1.29 is 5.11 Å². The van der Waals surface area contributed by atoms with Crippen molar-refractivity contribution in [3.63, 3.8) is 0 Å². The van der Waals surface area contributed by atoms with Gasteiger partial charge in [0.1, 0.15) is 5.39 Å². The molecule has 7 rings (SSSR count). The predicted molar refractivity (Wildman–Crippen MR) is 153 cm³/mol. The Morgan fingerprint density at radius 3 is 2.69 bits per heavy atom. The van der Waals surface area contributed by atoms with Gasteiger partial charge in [-0.25, -0.2) is 19.6 Å². The zero-order chi connectivity index (χ0) is 26.5. The first-order valence-corrected chi connectivity index (χ1v) is 13.5. The number of rotatable bonds is 5. The number of thiazole rings is 1. The van der Waals surface area contributed by atoms with E-state index in [0.29, 0.717) is 27.8 Å². The molecule has 12 heteroatoms. The van der Waals surface area contributed by atoms with Crippen LogP contribution in [-0.4, -0.2) is 78.5 Å². The van der Waals surface area contributed by atoms with Crippen molar-refractivity contribution in [2.24, 2.45) is 0 Å². The quantitative estimate of drug-likeness (QED) is 0.341. The second kappa shape index (κ2) is 9.42. The summed E-state index contributed by atoms with van der Waals surface area (Å²) in [5.74, 6) is 0.350. The summed E-state index contributed by atoms with van der Waals surface area (Å²) in [6, 6.07) is 15.8. The summed E-state index contributed by atoms with van der Waals surface area (Å²) >= 11 is 1.45. The molecule has 0 radical (unpaired) electrons. The number of hydrogen-bond donors (Lipinski definition) is 2. The molecule has 2 aromatic carbocycles. The summed E-state index contributed by atoms with van der Waals surface area (Å²) in [6.07, 6.45) is 3.23. The van der Waals surface area contributed by atoms with E-state index in [2.05, 4.69) is 37.1 Å². The van der Waals surface area contributed by atoms with Crippen molar-refractivity contribution in [3.8, 4) is 5.13 Å². The molecule has 1 aliphatic heterocycles. The van der Waals surface area contributed by atoms with E-state index in [0.717, 1.165) is 41.9 Å². The van der Waals surface area contributed by atoms with Gasteiger partial charge in [-0.2, -0.15) is 9.50 Å². The van der Waals surface area contributed by atoms with Gasteiger partial charge in [-0.15, -0.1) is 11.3 Å². The minimum atomic E-state index is -0.261. The normalized spacial score (nSPS) is 16.5. The van der Waals surface area contributed by atoms with Crippen molar-refractivity contribution in [3.05, 3.63) is 76.7 Å². The lowest BCUT2D eigenvalue weighted by molar-refractivity contribution is 0.191. The first kappa shape index (κ1) is 23.7. The number of para-hydroxylation sites is 1. The van der Waals surface area contributed by atoms with Gasteiger partial charge >= 0.3 is 0 Å². The van der Waals surface area contributed by atoms with E-state index in [9.17, 15) is 9.90 Å². The maximum Gasteiger partial charge on any atom is 0.284 e. The Balaban J connectivity index is 1.25. The van der Waals surface area contributed by atoms with Crippen LogP contribution in [0.5, 0.6) is 0 Å². The van der Waals surface area contributed by atoms with Crippen LogP contribution in [0.2, 0.25) is 0 Å². The monoisotopic (exact) mass is 539 g/mol. The fraction of sp³-hybridized carbons (Fsp3) is 0.222. The summed E-state index contributed by atoms with van der Waals surface area (Å²) in [5.41, 5.74) is 3.27. The Bertz CT molecular complexity index is 1860. The molecule has 0 saturated carbocycles. The van der Waals surface area contributed by atoms with E-state index in [4.69, 9.17) is 4.98 Å². The molecule has 11 nitrogen and oxygen atoms in total. The number of aromatic nitrogens is 6. The van der Waals surface area contributed by atoms with Crippen molar-refractivity contribution in [2.75, 3.05) is 43.5 Å².